The van der Waals surface area contributed by atoms with Crippen LogP contribution in [0, 0.1) is 0 Å². The van der Waals surface area contributed by atoms with Gasteiger partial charge in [0.1, 0.15) is 6.54 Å². The molecule has 0 saturated carbocycles. The van der Waals surface area contributed by atoms with Crippen LogP contribution < -0.4 is 0 Å². The highest BCUT2D eigenvalue weighted by Crippen LogP contribution is 2.21. The van der Waals surface area contributed by atoms with Gasteiger partial charge in [-0.3, -0.25) is 4.48 Å². The molecule has 6 nitrogen and oxygen atoms in total. The average Bonchev–Trinajstić information content (AvgIpc) is 2.47. The molecule has 128 valence electrons. The number of carboxylic acids is 2. The summed E-state index contributed by atoms with van der Waals surface area (Å²) in [5.74, 6) is -2.11. The van der Waals surface area contributed by atoms with Crippen LogP contribution in [0.15, 0.2) is 12.2 Å². The predicted octanol–water partition coefficient (Wildman–Crippen LogP) is 1.88. The molecule has 0 amide bonds. The van der Waals surface area contributed by atoms with Crippen LogP contribution in [0.4, 0.5) is 0 Å². The Morgan fingerprint density at radius 3 is 2.00 bits per heavy atom. The minimum atomic E-state index is -1.05. The van der Waals surface area contributed by atoms with Gasteiger partial charge in [-0.1, -0.05) is 25.8 Å². The van der Waals surface area contributed by atoms with Crippen molar-refractivity contribution in [1.82, 2.24) is 0 Å². The number of aliphatic hydroxyl groups excluding tert-OH is 1. The van der Waals surface area contributed by atoms with Crippen molar-refractivity contribution < 1.29 is 29.4 Å². The highest BCUT2D eigenvalue weighted by Gasteiger charge is 2.45. The number of carboxylic acid groups (broad SMARTS) is 2. The van der Waals surface area contributed by atoms with Crippen molar-refractivity contribution in [1.29, 1.82) is 0 Å². The Morgan fingerprint density at radius 1 is 1.05 bits per heavy atom. The molecule has 6 heteroatoms. The molecule has 0 radical (unpaired) electrons. The average molecular weight is 316 g/mol. The largest absolute Gasteiger partial charge is 0.477 e. The van der Waals surface area contributed by atoms with Gasteiger partial charge < -0.3 is 15.3 Å². The number of nitrogens with zero attached hydrogens (tertiary/aromatic N) is 1. The first-order valence-corrected chi connectivity index (χ1v) is 7.91. The van der Waals surface area contributed by atoms with Gasteiger partial charge in [0, 0.05) is 0 Å². The Morgan fingerprint density at radius 2 is 1.59 bits per heavy atom. The number of allylic oxidation sites excluding steroid dienone is 1. The topological polar surface area (TPSA) is 94.8 Å². The van der Waals surface area contributed by atoms with Crippen molar-refractivity contribution in [3.05, 3.63) is 12.2 Å². The fourth-order valence-electron chi connectivity index (χ4n) is 2.66. The SMILES string of the molecule is CCCCC/C=C/C[N+](CCO)(C(C)C(=O)O)C(C)C(=O)O. The normalized spacial score (nSPS) is 17.1. The zero-order valence-corrected chi connectivity index (χ0v) is 13.9. The van der Waals surface area contributed by atoms with Crippen molar-refractivity contribution in [2.45, 2.75) is 58.5 Å². The van der Waals surface area contributed by atoms with E-state index in [1.807, 2.05) is 12.2 Å². The van der Waals surface area contributed by atoms with Gasteiger partial charge >= 0.3 is 11.9 Å². The molecule has 0 spiro atoms. The lowest BCUT2D eigenvalue weighted by atomic mass is 10.1. The van der Waals surface area contributed by atoms with E-state index in [-0.39, 0.29) is 24.2 Å². The molecule has 0 aromatic heterocycles. The van der Waals surface area contributed by atoms with Crippen molar-refractivity contribution in [3.63, 3.8) is 0 Å². The summed E-state index contributed by atoms with van der Waals surface area (Å²) in [4.78, 5) is 22.8. The molecule has 0 fully saturated rings. The van der Waals surface area contributed by atoms with Gasteiger partial charge in [0.15, 0.2) is 12.1 Å². The minimum absolute atomic E-state index is 0.0975. The van der Waals surface area contributed by atoms with Crippen LogP contribution in [-0.4, -0.2) is 63.5 Å². The van der Waals surface area contributed by atoms with Gasteiger partial charge in [-0.05, 0) is 32.8 Å². The maximum absolute atomic E-state index is 11.4. The number of carbonyl (C=O) groups is 2. The lowest BCUT2D eigenvalue weighted by molar-refractivity contribution is -0.950. The molecule has 3 N–H and O–H groups in total. The maximum atomic E-state index is 11.4. The summed E-state index contributed by atoms with van der Waals surface area (Å²) < 4.78 is -0.189. The van der Waals surface area contributed by atoms with Gasteiger partial charge in [-0.25, -0.2) is 9.59 Å². The van der Waals surface area contributed by atoms with E-state index < -0.39 is 24.0 Å². The fraction of sp³-hybridized carbons (Fsp3) is 0.750. The smallest absolute Gasteiger partial charge is 0.362 e. The molecular formula is C16H30NO5+. The Bertz CT molecular complexity index is 361. The maximum Gasteiger partial charge on any atom is 0.362 e. The Balaban J connectivity index is 5.19. The molecular weight excluding hydrogens is 286 g/mol. The molecule has 0 saturated heterocycles. The summed E-state index contributed by atoms with van der Waals surface area (Å²) in [6.07, 6.45) is 8.06. The van der Waals surface area contributed by atoms with Crippen LogP contribution in [0.3, 0.4) is 0 Å². The lowest BCUT2D eigenvalue weighted by Gasteiger charge is -2.43. The second-order valence-electron chi connectivity index (χ2n) is 5.73. The van der Waals surface area contributed by atoms with Gasteiger partial charge in [0.25, 0.3) is 0 Å². The molecule has 0 aromatic carbocycles. The van der Waals surface area contributed by atoms with Gasteiger partial charge in [0.05, 0.1) is 13.2 Å². The first kappa shape index (κ1) is 20.6. The number of hydrogen-bond donors (Lipinski definition) is 3. The highest BCUT2D eigenvalue weighted by atomic mass is 16.4. The number of quaternary nitrogens is 1. The van der Waals surface area contributed by atoms with Crippen molar-refractivity contribution >= 4 is 11.9 Å². The van der Waals surface area contributed by atoms with Crippen LogP contribution in [0.1, 0.15) is 46.5 Å². The van der Waals surface area contributed by atoms with Gasteiger partial charge in [-0.15, -0.1) is 0 Å². The van der Waals surface area contributed by atoms with E-state index in [1.165, 1.54) is 13.8 Å². The molecule has 0 aromatic rings. The highest BCUT2D eigenvalue weighted by molar-refractivity contribution is 5.74. The Labute approximate surface area is 132 Å². The minimum Gasteiger partial charge on any atom is -0.477 e. The van der Waals surface area contributed by atoms with E-state index in [2.05, 4.69) is 6.92 Å². The monoisotopic (exact) mass is 316 g/mol. The van der Waals surface area contributed by atoms with E-state index >= 15 is 0 Å². The molecule has 0 aliphatic carbocycles. The van der Waals surface area contributed by atoms with E-state index in [4.69, 9.17) is 0 Å². The van der Waals surface area contributed by atoms with Crippen LogP contribution in [0.2, 0.25) is 0 Å². The van der Waals surface area contributed by atoms with Crippen LogP contribution in [-0.2, 0) is 9.59 Å². The number of aliphatic hydroxyl groups is 1. The number of aliphatic carboxylic acids is 2. The molecule has 22 heavy (non-hydrogen) atoms. The van der Waals surface area contributed by atoms with Gasteiger partial charge in [0.2, 0.25) is 0 Å². The van der Waals surface area contributed by atoms with Crippen molar-refractivity contribution in [3.8, 4) is 0 Å². The lowest BCUT2D eigenvalue weighted by Crippen LogP contribution is -2.65. The summed E-state index contributed by atoms with van der Waals surface area (Å²) in [6, 6.07) is -1.81. The first-order valence-electron chi connectivity index (χ1n) is 7.91. The number of unbranched alkanes of at least 4 members (excludes halogenated alkanes) is 3. The third kappa shape index (κ3) is 5.77. The zero-order chi connectivity index (χ0) is 17.2. The van der Waals surface area contributed by atoms with Crippen molar-refractivity contribution in [2.24, 2.45) is 0 Å². The zero-order valence-electron chi connectivity index (χ0n) is 13.9. The molecule has 0 aliphatic heterocycles. The summed E-state index contributed by atoms with van der Waals surface area (Å²) in [5, 5.41) is 28.0. The van der Waals surface area contributed by atoms with Crippen LogP contribution in [0.5, 0.6) is 0 Å². The first-order chi connectivity index (χ1) is 10.3. The second-order valence-corrected chi connectivity index (χ2v) is 5.73. The quantitative estimate of drug-likeness (QED) is 0.290. The van der Waals surface area contributed by atoms with E-state index in [1.54, 1.807) is 0 Å². The summed E-state index contributed by atoms with van der Waals surface area (Å²) in [5.41, 5.74) is 0. The molecule has 2 atom stereocenters. The summed E-state index contributed by atoms with van der Waals surface area (Å²) in [6.45, 7) is 5.26. The Kier molecular flexibility index (Phi) is 9.69. The van der Waals surface area contributed by atoms with Crippen LogP contribution in [0.25, 0.3) is 0 Å². The van der Waals surface area contributed by atoms with Crippen molar-refractivity contribution in [2.75, 3.05) is 19.7 Å². The number of rotatable bonds is 12. The summed E-state index contributed by atoms with van der Waals surface area (Å²) >= 11 is 0. The molecule has 0 heterocycles. The fourth-order valence-corrected chi connectivity index (χ4v) is 2.66. The van der Waals surface area contributed by atoms with E-state index in [0.717, 1.165) is 25.7 Å². The predicted molar refractivity (Wildman–Crippen MR) is 84.6 cm³/mol. The summed E-state index contributed by atoms with van der Waals surface area (Å²) in [7, 11) is 0. The third-order valence-corrected chi connectivity index (χ3v) is 4.36. The standard InChI is InChI=1S/C16H29NO5/c1-4-5-6-7-8-9-10-17(11-12-18,13(2)15(19)20)14(3)16(21)22/h8-9,13-14,18H,4-7,10-12H2,1-3H3,(H-,19,20,21,22)/p+1/b9-8+. The van der Waals surface area contributed by atoms with E-state index in [0.29, 0.717) is 0 Å². The molecule has 0 aliphatic rings. The molecule has 0 bridgehead atoms. The third-order valence-electron chi connectivity index (χ3n) is 4.36. The van der Waals surface area contributed by atoms with E-state index in [9.17, 15) is 24.9 Å². The van der Waals surface area contributed by atoms with Crippen LogP contribution >= 0.6 is 0 Å². The molecule has 0 rings (SSSR count). The van der Waals surface area contributed by atoms with Gasteiger partial charge in [-0.2, -0.15) is 0 Å². The molecule has 2 unspecified atom stereocenters. The second kappa shape index (κ2) is 10.3. The number of hydrogen-bond acceptors (Lipinski definition) is 3. The Hall–Kier alpha value is -1.40.